The zero-order chi connectivity index (χ0) is 13.5. The first kappa shape index (κ1) is 15.4. The van der Waals surface area contributed by atoms with Crippen LogP contribution in [0.25, 0.3) is 0 Å². The molecule has 1 aliphatic heterocycles. The highest BCUT2D eigenvalue weighted by molar-refractivity contribution is 8.18. The van der Waals surface area contributed by atoms with Crippen LogP contribution in [0.5, 0.6) is 0 Å². The number of thioether (sulfide) groups is 2. The van der Waals surface area contributed by atoms with Crippen molar-refractivity contribution in [3.63, 3.8) is 0 Å². The number of nitrogens with zero attached hydrogens (tertiary/aromatic N) is 3. The molecule has 1 saturated heterocycles. The molecule has 0 atom stereocenters. The van der Waals surface area contributed by atoms with Gasteiger partial charge in [-0.3, -0.25) is 4.84 Å². The molecule has 10 heteroatoms. The third kappa shape index (κ3) is 5.36. The highest BCUT2D eigenvalue weighted by Crippen LogP contribution is 2.20. The minimum atomic E-state index is -1.65. The van der Waals surface area contributed by atoms with Crippen molar-refractivity contribution in [1.82, 2.24) is 8.61 Å². The highest BCUT2D eigenvalue weighted by Gasteiger charge is 2.18. The monoisotopic (exact) mass is 313 g/mol. The second-order valence-electron chi connectivity index (χ2n) is 3.07. The number of rotatable bonds is 3. The largest absolute Gasteiger partial charge is 0.447 e. The lowest BCUT2D eigenvalue weighted by Crippen LogP contribution is -2.26. The lowest BCUT2D eigenvalue weighted by Gasteiger charge is -2.18. The van der Waals surface area contributed by atoms with Gasteiger partial charge < -0.3 is 0 Å². The highest BCUT2D eigenvalue weighted by atomic mass is 32.2. The number of amides is 2. The molecule has 6 nitrogen and oxygen atoms in total. The van der Waals surface area contributed by atoms with Gasteiger partial charge in [-0.15, -0.1) is 16.2 Å². The fraction of sp³-hybridized carbons (Fsp3) is 0.625. The van der Waals surface area contributed by atoms with E-state index in [4.69, 9.17) is 0 Å². The average Bonchev–Trinajstić information content (AvgIpc) is 2.36. The Morgan fingerprint density at radius 1 is 1.39 bits per heavy atom. The number of carbonyl (C=O) groups is 2. The van der Waals surface area contributed by atoms with Crippen LogP contribution in [-0.2, 0) is 4.84 Å². The predicted octanol–water partition coefficient (Wildman–Crippen LogP) is 2.43. The Morgan fingerprint density at radius 2 is 2.11 bits per heavy atom. The zero-order valence-corrected chi connectivity index (χ0v) is 12.2. The van der Waals surface area contributed by atoms with E-state index < -0.39 is 12.3 Å². The van der Waals surface area contributed by atoms with Crippen LogP contribution in [0, 0.1) is 0 Å². The smallest absolute Gasteiger partial charge is 0.296 e. The second-order valence-corrected chi connectivity index (χ2v) is 6.60. The summed E-state index contributed by atoms with van der Waals surface area (Å²) in [5.41, 5.74) is 0. The molecule has 18 heavy (non-hydrogen) atoms. The third-order valence-electron chi connectivity index (χ3n) is 1.70. The normalized spacial score (nSPS) is 17.4. The number of halogens is 1. The Kier molecular flexibility index (Phi) is 6.65. The first-order valence-corrected chi connectivity index (χ1v) is 7.71. The number of oxime groups is 1. The van der Waals surface area contributed by atoms with Gasteiger partial charge in [0.25, 0.3) is 0 Å². The minimum Gasteiger partial charge on any atom is -0.296 e. The molecule has 0 saturated carbocycles. The molecule has 0 N–H and O–H groups in total. The molecule has 0 aromatic rings. The van der Waals surface area contributed by atoms with E-state index in [0.717, 1.165) is 26.6 Å². The number of hydrogen-bond donors (Lipinski definition) is 0. The van der Waals surface area contributed by atoms with Gasteiger partial charge in [0.05, 0.1) is 12.1 Å². The van der Waals surface area contributed by atoms with Crippen LogP contribution in [-0.4, -0.2) is 57.3 Å². The summed E-state index contributed by atoms with van der Waals surface area (Å²) in [5, 5.41) is 4.46. The minimum absolute atomic E-state index is 0.589. The fourth-order valence-corrected chi connectivity index (χ4v) is 3.49. The van der Waals surface area contributed by atoms with Crippen LogP contribution in [0.3, 0.4) is 0 Å². The lowest BCUT2D eigenvalue weighted by atomic mass is 10.9. The third-order valence-corrected chi connectivity index (χ3v) is 4.85. The summed E-state index contributed by atoms with van der Waals surface area (Å²) < 4.78 is 13.9. The van der Waals surface area contributed by atoms with Crippen molar-refractivity contribution < 1.29 is 18.8 Å². The Bertz CT molecular complexity index is 348. The van der Waals surface area contributed by atoms with Crippen LogP contribution >= 0.6 is 35.7 Å². The summed E-state index contributed by atoms with van der Waals surface area (Å²) >= 11 is 3.84. The Morgan fingerprint density at radius 3 is 2.67 bits per heavy atom. The van der Waals surface area contributed by atoms with E-state index in [2.05, 4.69) is 9.99 Å². The Labute approximate surface area is 117 Å². The molecule has 0 spiro atoms. The molecule has 0 unspecified atom stereocenters. The first-order chi connectivity index (χ1) is 8.50. The van der Waals surface area contributed by atoms with E-state index in [1.807, 2.05) is 0 Å². The topological polar surface area (TPSA) is 62.2 Å². The van der Waals surface area contributed by atoms with Crippen LogP contribution in [0.4, 0.5) is 14.0 Å². The van der Waals surface area contributed by atoms with Crippen molar-refractivity contribution in [2.75, 3.05) is 31.4 Å². The van der Waals surface area contributed by atoms with Crippen molar-refractivity contribution >= 4 is 53.0 Å². The van der Waals surface area contributed by atoms with Crippen molar-refractivity contribution in [2.24, 2.45) is 5.16 Å². The molecular weight excluding hydrogens is 301 g/mol. The van der Waals surface area contributed by atoms with Gasteiger partial charge in [-0.2, -0.15) is 11.8 Å². The van der Waals surface area contributed by atoms with E-state index in [9.17, 15) is 14.0 Å². The van der Waals surface area contributed by atoms with Crippen LogP contribution < -0.4 is 0 Å². The van der Waals surface area contributed by atoms with Gasteiger partial charge in [0.2, 0.25) is 0 Å². The Hall–Kier alpha value is -0.610. The van der Waals surface area contributed by atoms with Crippen molar-refractivity contribution in [3.8, 4) is 0 Å². The molecule has 1 fully saturated rings. The van der Waals surface area contributed by atoms with Crippen molar-refractivity contribution in [3.05, 3.63) is 0 Å². The summed E-state index contributed by atoms with van der Waals surface area (Å²) in [7, 11) is 2.56. The molecule has 1 aliphatic rings. The second kappa shape index (κ2) is 7.74. The van der Waals surface area contributed by atoms with E-state index in [1.165, 1.54) is 25.9 Å². The van der Waals surface area contributed by atoms with Gasteiger partial charge in [0.1, 0.15) is 5.04 Å². The predicted molar refractivity (Wildman–Crippen MR) is 73.3 cm³/mol. The van der Waals surface area contributed by atoms with Crippen LogP contribution in [0.1, 0.15) is 0 Å². The molecule has 102 valence electrons. The summed E-state index contributed by atoms with van der Waals surface area (Å²) in [6, 6.07) is 0. The van der Waals surface area contributed by atoms with Crippen LogP contribution in [0.2, 0.25) is 0 Å². The molecular formula is C8H12FN3O3S3. The molecule has 0 aromatic carbocycles. The van der Waals surface area contributed by atoms with E-state index >= 15 is 0 Å². The molecule has 0 aromatic heterocycles. The van der Waals surface area contributed by atoms with Gasteiger partial charge in [0.15, 0.2) is 0 Å². The standard InChI is InChI=1S/C8H12FN3O3S3/c1-11(7(9)13)18-12(2)8(14)15-10-6-5-16-3-4-17-6/h3-5H2,1-2H3. The molecule has 2 amide bonds. The van der Waals surface area contributed by atoms with E-state index in [0.29, 0.717) is 16.4 Å². The van der Waals surface area contributed by atoms with Gasteiger partial charge in [-0.05, 0) is 0 Å². The van der Waals surface area contributed by atoms with Crippen molar-refractivity contribution in [2.45, 2.75) is 0 Å². The maximum atomic E-state index is 12.2. The van der Waals surface area contributed by atoms with Gasteiger partial charge >= 0.3 is 12.3 Å². The quantitative estimate of drug-likeness (QED) is 0.262. The van der Waals surface area contributed by atoms with Gasteiger partial charge in [-0.1, -0.05) is 5.16 Å². The maximum absolute atomic E-state index is 12.2. The molecule has 0 radical (unpaired) electrons. The van der Waals surface area contributed by atoms with Crippen molar-refractivity contribution in [1.29, 1.82) is 0 Å². The molecule has 0 bridgehead atoms. The summed E-state index contributed by atoms with van der Waals surface area (Å²) in [5.74, 6) is 2.71. The molecule has 1 rings (SSSR count). The van der Waals surface area contributed by atoms with E-state index in [1.54, 1.807) is 11.8 Å². The fourth-order valence-electron chi connectivity index (χ4n) is 0.869. The maximum Gasteiger partial charge on any atom is 0.447 e. The summed E-state index contributed by atoms with van der Waals surface area (Å²) in [4.78, 5) is 26.5. The van der Waals surface area contributed by atoms with Gasteiger partial charge in [-0.25, -0.2) is 18.2 Å². The van der Waals surface area contributed by atoms with Gasteiger partial charge in [0, 0.05) is 31.4 Å². The Balaban J connectivity index is 2.37. The SMILES string of the molecule is CN(SN(C)C(=O)ON=C1CSCCS1)C(=O)F. The number of carbonyl (C=O) groups excluding carboxylic acids is 2. The summed E-state index contributed by atoms with van der Waals surface area (Å²) in [6.45, 7) is 0. The molecule has 1 heterocycles. The first-order valence-electron chi connectivity index (χ1n) is 4.84. The zero-order valence-electron chi connectivity index (χ0n) is 9.79. The lowest BCUT2D eigenvalue weighted by molar-refractivity contribution is 0.136. The number of hydrogen-bond acceptors (Lipinski definition) is 7. The van der Waals surface area contributed by atoms with Crippen LogP contribution in [0.15, 0.2) is 5.16 Å². The van der Waals surface area contributed by atoms with E-state index in [-0.39, 0.29) is 0 Å². The average molecular weight is 313 g/mol. The summed E-state index contributed by atoms with van der Waals surface area (Å²) in [6.07, 6.45) is -2.41. The molecule has 0 aliphatic carbocycles.